The summed E-state index contributed by atoms with van der Waals surface area (Å²) in [6, 6.07) is 7.47. The molecule has 0 fully saturated rings. The molecule has 1 rings (SSSR count). The molecule has 0 unspecified atom stereocenters. The molecule has 0 heterocycles. The summed E-state index contributed by atoms with van der Waals surface area (Å²) in [4.78, 5) is 11.0. The summed E-state index contributed by atoms with van der Waals surface area (Å²) in [6.07, 6.45) is 0.510. The zero-order valence-corrected chi connectivity index (χ0v) is 10.1. The van der Waals surface area contributed by atoms with Gasteiger partial charge in [-0.25, -0.2) is 0 Å². The Morgan fingerprint density at radius 2 is 1.87 bits per heavy atom. The number of hydrogen-bond acceptors (Lipinski definition) is 2. The number of ketones is 1. The van der Waals surface area contributed by atoms with Crippen LogP contribution in [-0.4, -0.2) is 11.3 Å². The van der Waals surface area contributed by atoms with E-state index in [9.17, 15) is 4.79 Å². The molecule has 0 aromatic heterocycles. The predicted octanol–water partition coefficient (Wildman–Crippen LogP) is 3.51. The van der Waals surface area contributed by atoms with Gasteiger partial charge in [-0.15, -0.1) is 0 Å². The molecule has 3 heteroatoms. The van der Waals surface area contributed by atoms with Gasteiger partial charge in [0.15, 0.2) is 0 Å². The SMILES string of the molecule is CC(=O)CC(C)(C)Nc1ccc(Cl)cc1. The van der Waals surface area contributed by atoms with Gasteiger partial charge in [0.1, 0.15) is 5.78 Å². The van der Waals surface area contributed by atoms with Crippen molar-refractivity contribution in [1.82, 2.24) is 0 Å². The fraction of sp³-hybridized carbons (Fsp3) is 0.417. The molecule has 1 aromatic rings. The second-order valence-corrected chi connectivity index (χ2v) is 4.83. The largest absolute Gasteiger partial charge is 0.380 e. The fourth-order valence-electron chi connectivity index (χ4n) is 1.59. The Morgan fingerprint density at radius 3 is 2.33 bits per heavy atom. The maximum absolute atomic E-state index is 11.0. The number of carbonyl (C=O) groups excluding carboxylic acids is 1. The van der Waals surface area contributed by atoms with E-state index < -0.39 is 0 Å². The number of rotatable bonds is 4. The number of anilines is 1. The van der Waals surface area contributed by atoms with Gasteiger partial charge in [-0.05, 0) is 45.0 Å². The van der Waals surface area contributed by atoms with Crippen LogP contribution in [0.15, 0.2) is 24.3 Å². The van der Waals surface area contributed by atoms with Gasteiger partial charge in [0, 0.05) is 22.7 Å². The van der Waals surface area contributed by atoms with E-state index in [1.54, 1.807) is 6.92 Å². The number of halogens is 1. The van der Waals surface area contributed by atoms with E-state index in [-0.39, 0.29) is 11.3 Å². The van der Waals surface area contributed by atoms with E-state index in [0.29, 0.717) is 11.4 Å². The van der Waals surface area contributed by atoms with Crippen molar-refractivity contribution in [3.63, 3.8) is 0 Å². The molecule has 0 saturated heterocycles. The number of carbonyl (C=O) groups is 1. The normalized spacial score (nSPS) is 11.2. The van der Waals surface area contributed by atoms with Gasteiger partial charge in [-0.3, -0.25) is 4.79 Å². The summed E-state index contributed by atoms with van der Waals surface area (Å²) >= 11 is 5.79. The standard InChI is InChI=1S/C12H16ClNO/c1-9(15)8-12(2,3)14-11-6-4-10(13)5-7-11/h4-7,14H,8H2,1-3H3. The number of benzene rings is 1. The molecule has 0 saturated carbocycles. The predicted molar refractivity (Wildman–Crippen MR) is 64.5 cm³/mol. The molecule has 0 radical (unpaired) electrons. The van der Waals surface area contributed by atoms with Gasteiger partial charge in [0.2, 0.25) is 0 Å². The Labute approximate surface area is 95.6 Å². The molecule has 15 heavy (non-hydrogen) atoms. The average Bonchev–Trinajstić information content (AvgIpc) is 2.06. The van der Waals surface area contributed by atoms with E-state index in [0.717, 1.165) is 5.69 Å². The van der Waals surface area contributed by atoms with Gasteiger partial charge in [0.25, 0.3) is 0 Å². The van der Waals surface area contributed by atoms with E-state index in [2.05, 4.69) is 5.32 Å². The highest BCUT2D eigenvalue weighted by atomic mass is 35.5. The highest BCUT2D eigenvalue weighted by molar-refractivity contribution is 6.30. The topological polar surface area (TPSA) is 29.1 Å². The summed E-state index contributed by atoms with van der Waals surface area (Å²) in [5.74, 6) is 0.182. The molecule has 82 valence electrons. The molecule has 2 nitrogen and oxygen atoms in total. The van der Waals surface area contributed by atoms with Gasteiger partial charge in [0.05, 0.1) is 0 Å². The van der Waals surface area contributed by atoms with Crippen LogP contribution in [0, 0.1) is 0 Å². The second kappa shape index (κ2) is 4.67. The minimum Gasteiger partial charge on any atom is -0.380 e. The lowest BCUT2D eigenvalue weighted by Gasteiger charge is -2.26. The van der Waals surface area contributed by atoms with Crippen LogP contribution in [0.3, 0.4) is 0 Å². The second-order valence-electron chi connectivity index (χ2n) is 4.39. The molecule has 0 aliphatic rings. The molecule has 0 spiro atoms. The first-order valence-corrected chi connectivity index (χ1v) is 5.30. The molecule has 0 atom stereocenters. The van der Waals surface area contributed by atoms with Crippen molar-refractivity contribution < 1.29 is 4.79 Å². The first kappa shape index (κ1) is 12.1. The van der Waals surface area contributed by atoms with Crippen LogP contribution in [0.4, 0.5) is 5.69 Å². The lowest BCUT2D eigenvalue weighted by atomic mass is 9.98. The van der Waals surface area contributed by atoms with E-state index >= 15 is 0 Å². The molecular weight excluding hydrogens is 210 g/mol. The molecular formula is C12H16ClNO. The van der Waals surface area contributed by atoms with Crippen LogP contribution in [0.1, 0.15) is 27.2 Å². The van der Waals surface area contributed by atoms with Crippen molar-refractivity contribution in [2.24, 2.45) is 0 Å². The van der Waals surface area contributed by atoms with Crippen molar-refractivity contribution >= 4 is 23.1 Å². The Kier molecular flexibility index (Phi) is 3.75. The molecule has 0 aliphatic carbocycles. The minimum absolute atomic E-state index is 0.182. The fourth-order valence-corrected chi connectivity index (χ4v) is 1.72. The Balaban J connectivity index is 2.68. The Hall–Kier alpha value is -1.02. The summed E-state index contributed by atoms with van der Waals surface area (Å²) in [5, 5.41) is 4.01. The smallest absolute Gasteiger partial charge is 0.132 e. The van der Waals surface area contributed by atoms with Crippen LogP contribution >= 0.6 is 11.6 Å². The molecule has 0 aliphatic heterocycles. The zero-order valence-electron chi connectivity index (χ0n) is 9.30. The van der Waals surface area contributed by atoms with E-state index in [1.165, 1.54) is 0 Å². The van der Waals surface area contributed by atoms with Crippen molar-refractivity contribution in [3.8, 4) is 0 Å². The third-order valence-corrected chi connectivity index (χ3v) is 2.27. The highest BCUT2D eigenvalue weighted by Crippen LogP contribution is 2.20. The number of hydrogen-bond donors (Lipinski definition) is 1. The van der Waals surface area contributed by atoms with Crippen molar-refractivity contribution in [1.29, 1.82) is 0 Å². The maximum Gasteiger partial charge on any atom is 0.132 e. The summed E-state index contributed by atoms with van der Waals surface area (Å²) < 4.78 is 0. The first-order valence-electron chi connectivity index (χ1n) is 4.92. The van der Waals surface area contributed by atoms with Crippen LogP contribution in [0.5, 0.6) is 0 Å². The first-order chi connectivity index (χ1) is 6.89. The number of nitrogens with one attached hydrogen (secondary N) is 1. The van der Waals surface area contributed by atoms with E-state index in [4.69, 9.17) is 11.6 Å². The highest BCUT2D eigenvalue weighted by Gasteiger charge is 2.19. The van der Waals surface area contributed by atoms with Gasteiger partial charge in [-0.2, -0.15) is 0 Å². The lowest BCUT2D eigenvalue weighted by Crippen LogP contribution is -2.32. The maximum atomic E-state index is 11.0. The monoisotopic (exact) mass is 225 g/mol. The van der Waals surface area contributed by atoms with Crippen LogP contribution in [0.2, 0.25) is 5.02 Å². The lowest BCUT2D eigenvalue weighted by molar-refractivity contribution is -0.117. The van der Waals surface area contributed by atoms with Gasteiger partial charge in [-0.1, -0.05) is 11.6 Å². The van der Waals surface area contributed by atoms with Crippen LogP contribution < -0.4 is 5.32 Å². The summed E-state index contributed by atoms with van der Waals surface area (Å²) in [5.41, 5.74) is 0.755. The van der Waals surface area contributed by atoms with Crippen LogP contribution in [-0.2, 0) is 4.79 Å². The summed E-state index contributed by atoms with van der Waals surface area (Å²) in [6.45, 7) is 5.61. The van der Waals surface area contributed by atoms with E-state index in [1.807, 2.05) is 38.1 Å². The molecule has 0 amide bonds. The minimum atomic E-state index is -0.223. The van der Waals surface area contributed by atoms with Crippen LogP contribution in [0.25, 0.3) is 0 Å². The zero-order chi connectivity index (χ0) is 11.5. The molecule has 0 bridgehead atoms. The van der Waals surface area contributed by atoms with Gasteiger partial charge >= 0.3 is 0 Å². The third kappa shape index (κ3) is 4.34. The van der Waals surface area contributed by atoms with Gasteiger partial charge < -0.3 is 5.32 Å². The van der Waals surface area contributed by atoms with Crippen molar-refractivity contribution in [3.05, 3.63) is 29.3 Å². The third-order valence-electron chi connectivity index (χ3n) is 2.02. The Bertz CT molecular complexity index is 343. The average molecular weight is 226 g/mol. The van der Waals surface area contributed by atoms with Crippen molar-refractivity contribution in [2.45, 2.75) is 32.7 Å². The number of Topliss-reactive ketones (excluding diaryl/α,β-unsaturated/α-hetero) is 1. The quantitative estimate of drug-likeness (QED) is 0.850. The van der Waals surface area contributed by atoms with Crippen molar-refractivity contribution in [2.75, 3.05) is 5.32 Å². The molecule has 1 N–H and O–H groups in total. The summed E-state index contributed by atoms with van der Waals surface area (Å²) in [7, 11) is 0. The molecule has 1 aromatic carbocycles. The Morgan fingerprint density at radius 1 is 1.33 bits per heavy atom.